The van der Waals surface area contributed by atoms with Gasteiger partial charge in [-0.1, -0.05) is 12.2 Å². The molecule has 0 aromatic heterocycles. The monoisotopic (exact) mass is 234 g/mol. The first-order valence-corrected chi connectivity index (χ1v) is 7.24. The van der Waals surface area contributed by atoms with Crippen molar-refractivity contribution >= 4 is 0 Å². The molecule has 5 aliphatic rings. The Morgan fingerprint density at radius 3 is 1.94 bits per heavy atom. The second kappa shape index (κ2) is 3.58. The molecule has 0 amide bonds. The topological polar surface area (TPSA) is 18.5 Å². The van der Waals surface area contributed by atoms with E-state index in [0.29, 0.717) is 5.41 Å². The van der Waals surface area contributed by atoms with Crippen LogP contribution in [0.15, 0.2) is 12.2 Å². The highest BCUT2D eigenvalue weighted by molar-refractivity contribution is 5.11. The second-order valence-electron chi connectivity index (χ2n) is 6.98. The van der Waals surface area contributed by atoms with Crippen LogP contribution in [0, 0.1) is 23.2 Å². The molecule has 5 rings (SSSR count). The van der Waals surface area contributed by atoms with Gasteiger partial charge in [0.1, 0.15) is 12.2 Å². The van der Waals surface area contributed by atoms with Crippen LogP contribution in [0.5, 0.6) is 0 Å². The summed E-state index contributed by atoms with van der Waals surface area (Å²) in [6.45, 7) is 2.03. The zero-order chi connectivity index (χ0) is 11.5. The van der Waals surface area contributed by atoms with Gasteiger partial charge in [-0.05, 0) is 63.2 Å². The maximum Gasteiger partial charge on any atom is 0.117 e. The molecule has 4 bridgehead atoms. The van der Waals surface area contributed by atoms with Crippen LogP contribution in [0.4, 0.5) is 0 Å². The fourth-order valence-electron chi connectivity index (χ4n) is 5.30. The average molecular weight is 234 g/mol. The summed E-state index contributed by atoms with van der Waals surface area (Å²) in [6, 6.07) is 0. The molecular formula is C15H22O2. The van der Waals surface area contributed by atoms with Crippen LogP contribution in [-0.4, -0.2) is 12.2 Å². The van der Waals surface area contributed by atoms with Crippen molar-refractivity contribution in [1.29, 1.82) is 0 Å². The minimum absolute atomic E-state index is 0.125. The number of rotatable bonds is 1. The third kappa shape index (κ3) is 1.61. The summed E-state index contributed by atoms with van der Waals surface area (Å²) in [5, 5.41) is 0. The quantitative estimate of drug-likeness (QED) is 0.511. The van der Waals surface area contributed by atoms with E-state index in [0.717, 1.165) is 17.8 Å². The Morgan fingerprint density at radius 1 is 0.882 bits per heavy atom. The van der Waals surface area contributed by atoms with Gasteiger partial charge in [-0.15, -0.1) is 0 Å². The van der Waals surface area contributed by atoms with Crippen molar-refractivity contribution < 1.29 is 9.78 Å². The van der Waals surface area contributed by atoms with Gasteiger partial charge in [0.15, 0.2) is 0 Å². The van der Waals surface area contributed by atoms with E-state index in [1.807, 2.05) is 6.92 Å². The highest BCUT2D eigenvalue weighted by Gasteiger charge is 2.54. The summed E-state index contributed by atoms with van der Waals surface area (Å²) in [5.74, 6) is 2.95. The summed E-state index contributed by atoms with van der Waals surface area (Å²) in [5.41, 5.74) is 0.422. The smallest absolute Gasteiger partial charge is 0.117 e. The maximum atomic E-state index is 5.69. The fourth-order valence-corrected chi connectivity index (χ4v) is 5.30. The SMILES string of the molecule is C[C@H]1C=C[C@@H](C23CC4CC(CC(C4)C2)C3)OO1. The van der Waals surface area contributed by atoms with E-state index in [4.69, 9.17) is 9.78 Å². The maximum absolute atomic E-state index is 5.69. The van der Waals surface area contributed by atoms with E-state index < -0.39 is 0 Å². The van der Waals surface area contributed by atoms with Crippen molar-refractivity contribution in [3.63, 3.8) is 0 Å². The molecular weight excluding hydrogens is 212 g/mol. The van der Waals surface area contributed by atoms with Crippen molar-refractivity contribution in [3.05, 3.63) is 12.2 Å². The molecule has 4 fully saturated rings. The van der Waals surface area contributed by atoms with Crippen LogP contribution in [0.2, 0.25) is 0 Å². The fraction of sp³-hybridized carbons (Fsp3) is 0.867. The first kappa shape index (κ1) is 10.6. The predicted octanol–water partition coefficient (Wildman–Crippen LogP) is 3.48. The predicted molar refractivity (Wildman–Crippen MR) is 65.2 cm³/mol. The first-order chi connectivity index (χ1) is 8.23. The standard InChI is InChI=1S/C15H22O2/c1-10-2-3-14(17-16-10)15-7-11-4-12(8-15)6-13(5-11)9-15/h2-3,10-14H,4-9H2,1H3/t10-,11?,12?,13?,14-,15?/m0/s1. The third-order valence-corrected chi connectivity index (χ3v) is 5.56. The van der Waals surface area contributed by atoms with Crippen LogP contribution < -0.4 is 0 Å². The van der Waals surface area contributed by atoms with Crippen LogP contribution in [0.1, 0.15) is 45.4 Å². The second-order valence-corrected chi connectivity index (χ2v) is 6.98. The van der Waals surface area contributed by atoms with Gasteiger partial charge in [-0.2, -0.15) is 0 Å². The molecule has 0 aromatic rings. The third-order valence-electron chi connectivity index (χ3n) is 5.56. The molecule has 4 aliphatic carbocycles. The molecule has 1 aliphatic heterocycles. The molecule has 1 heterocycles. The Bertz CT molecular complexity index is 312. The summed E-state index contributed by atoms with van der Waals surface area (Å²) >= 11 is 0. The van der Waals surface area contributed by atoms with Crippen molar-refractivity contribution in [3.8, 4) is 0 Å². The summed E-state index contributed by atoms with van der Waals surface area (Å²) in [7, 11) is 0. The van der Waals surface area contributed by atoms with Gasteiger partial charge in [-0.25, -0.2) is 9.78 Å². The van der Waals surface area contributed by atoms with E-state index in [1.54, 1.807) is 0 Å². The van der Waals surface area contributed by atoms with Gasteiger partial charge in [-0.3, -0.25) is 0 Å². The Balaban J connectivity index is 1.62. The molecule has 2 nitrogen and oxygen atoms in total. The molecule has 0 saturated heterocycles. The largest absolute Gasteiger partial charge is 0.229 e. The molecule has 0 radical (unpaired) electrons. The Hall–Kier alpha value is -0.340. The van der Waals surface area contributed by atoms with Gasteiger partial charge in [0, 0.05) is 5.41 Å². The number of hydrogen-bond donors (Lipinski definition) is 0. The highest BCUT2D eigenvalue weighted by Crippen LogP contribution is 2.62. The van der Waals surface area contributed by atoms with E-state index in [2.05, 4.69) is 12.2 Å². The van der Waals surface area contributed by atoms with Gasteiger partial charge in [0.25, 0.3) is 0 Å². The summed E-state index contributed by atoms with van der Waals surface area (Å²) < 4.78 is 0. The van der Waals surface area contributed by atoms with Crippen LogP contribution in [0.3, 0.4) is 0 Å². The Labute approximate surface area is 103 Å². The van der Waals surface area contributed by atoms with Gasteiger partial charge >= 0.3 is 0 Å². The lowest BCUT2D eigenvalue weighted by molar-refractivity contribution is -0.362. The van der Waals surface area contributed by atoms with Crippen LogP contribution in [0.25, 0.3) is 0 Å². The minimum Gasteiger partial charge on any atom is -0.229 e. The van der Waals surface area contributed by atoms with E-state index in [1.165, 1.54) is 38.5 Å². The molecule has 94 valence electrons. The lowest BCUT2D eigenvalue weighted by Gasteiger charge is -2.58. The highest BCUT2D eigenvalue weighted by atomic mass is 17.2. The average Bonchev–Trinajstić information content (AvgIpc) is 2.27. The first-order valence-electron chi connectivity index (χ1n) is 7.24. The van der Waals surface area contributed by atoms with Crippen molar-refractivity contribution in [1.82, 2.24) is 0 Å². The molecule has 0 unspecified atom stereocenters. The zero-order valence-corrected chi connectivity index (χ0v) is 10.6. The van der Waals surface area contributed by atoms with E-state index in [-0.39, 0.29) is 12.2 Å². The molecule has 0 aromatic carbocycles. The molecule has 2 heteroatoms. The van der Waals surface area contributed by atoms with Crippen molar-refractivity contribution in [2.75, 3.05) is 0 Å². The van der Waals surface area contributed by atoms with E-state index >= 15 is 0 Å². The molecule has 17 heavy (non-hydrogen) atoms. The molecule has 0 N–H and O–H groups in total. The summed E-state index contributed by atoms with van der Waals surface area (Å²) in [4.78, 5) is 11.1. The lowest BCUT2D eigenvalue weighted by Crippen LogP contribution is -2.52. The molecule has 4 saturated carbocycles. The number of hydrogen-bond acceptors (Lipinski definition) is 2. The van der Waals surface area contributed by atoms with Crippen molar-refractivity contribution in [2.45, 2.75) is 57.7 Å². The van der Waals surface area contributed by atoms with Gasteiger partial charge in [0.2, 0.25) is 0 Å². The Kier molecular flexibility index (Phi) is 2.23. The van der Waals surface area contributed by atoms with Gasteiger partial charge in [0.05, 0.1) is 0 Å². The van der Waals surface area contributed by atoms with Crippen molar-refractivity contribution in [2.24, 2.45) is 23.2 Å². The zero-order valence-electron chi connectivity index (χ0n) is 10.6. The summed E-state index contributed by atoms with van der Waals surface area (Å²) in [6.07, 6.45) is 13.4. The lowest BCUT2D eigenvalue weighted by atomic mass is 9.48. The molecule has 0 spiro atoms. The van der Waals surface area contributed by atoms with E-state index in [9.17, 15) is 0 Å². The van der Waals surface area contributed by atoms with Crippen LogP contribution in [-0.2, 0) is 9.78 Å². The minimum atomic E-state index is 0.125. The normalized spacial score (nSPS) is 56.4. The van der Waals surface area contributed by atoms with Crippen LogP contribution >= 0.6 is 0 Å². The Morgan fingerprint density at radius 2 is 1.47 bits per heavy atom. The molecule has 2 atom stereocenters. The van der Waals surface area contributed by atoms with Gasteiger partial charge < -0.3 is 0 Å².